The van der Waals surface area contributed by atoms with Crippen molar-refractivity contribution in [2.24, 2.45) is 0 Å². The highest BCUT2D eigenvalue weighted by atomic mass is 16.5. The molecule has 1 aromatic heterocycles. The third kappa shape index (κ3) is 2.80. The third-order valence-electron chi connectivity index (χ3n) is 3.93. The molecule has 0 radical (unpaired) electrons. The molecule has 1 aromatic carbocycles. The molecule has 5 nitrogen and oxygen atoms in total. The Morgan fingerprint density at radius 2 is 2.14 bits per heavy atom. The fraction of sp³-hybridized carbons (Fsp3) is 0.294. The number of benzene rings is 1. The molecule has 2 heterocycles. The zero-order valence-corrected chi connectivity index (χ0v) is 12.8. The molecule has 1 aliphatic heterocycles. The van der Waals surface area contributed by atoms with E-state index in [4.69, 9.17) is 4.74 Å². The number of rotatable bonds is 3. The molecular weight excluding hydrogens is 278 g/mol. The highest BCUT2D eigenvalue weighted by Crippen LogP contribution is 2.25. The van der Waals surface area contributed by atoms with Crippen LogP contribution < -0.4 is 10.1 Å². The molecule has 1 aliphatic rings. The van der Waals surface area contributed by atoms with E-state index in [1.54, 1.807) is 13.3 Å². The quantitative estimate of drug-likeness (QED) is 0.944. The van der Waals surface area contributed by atoms with E-state index in [2.05, 4.69) is 22.2 Å². The standard InChI is InChI=1S/C17H19N3O2/c1-20-8-7-13-12(11-20)9-18-10-14(13)17(21)19-15-5-3-4-6-16(15)22-2/h3-6,9-10H,7-8,11H2,1-2H3,(H,19,21). The first-order chi connectivity index (χ1) is 10.7. The Labute approximate surface area is 129 Å². The minimum absolute atomic E-state index is 0.140. The third-order valence-corrected chi connectivity index (χ3v) is 3.93. The number of ether oxygens (including phenoxy) is 1. The first-order valence-corrected chi connectivity index (χ1v) is 7.27. The zero-order valence-electron chi connectivity index (χ0n) is 12.8. The van der Waals surface area contributed by atoms with Crippen LogP contribution >= 0.6 is 0 Å². The highest BCUT2D eigenvalue weighted by Gasteiger charge is 2.21. The second-order valence-corrected chi connectivity index (χ2v) is 5.47. The summed E-state index contributed by atoms with van der Waals surface area (Å²) in [7, 11) is 3.66. The number of hydrogen-bond acceptors (Lipinski definition) is 4. The number of carbonyl (C=O) groups is 1. The van der Waals surface area contributed by atoms with Crippen LogP contribution in [0.2, 0.25) is 0 Å². The van der Waals surface area contributed by atoms with Gasteiger partial charge in [0.2, 0.25) is 0 Å². The van der Waals surface area contributed by atoms with E-state index < -0.39 is 0 Å². The summed E-state index contributed by atoms with van der Waals surface area (Å²) in [5, 5.41) is 2.92. The number of likely N-dealkylation sites (N-methyl/N-ethyl adjacent to an activating group) is 1. The van der Waals surface area contributed by atoms with Crippen molar-refractivity contribution in [2.75, 3.05) is 26.0 Å². The van der Waals surface area contributed by atoms with Crippen molar-refractivity contribution in [2.45, 2.75) is 13.0 Å². The van der Waals surface area contributed by atoms with Gasteiger partial charge in [0, 0.05) is 25.5 Å². The maximum atomic E-state index is 12.6. The molecule has 2 aromatic rings. The molecule has 0 saturated carbocycles. The van der Waals surface area contributed by atoms with Crippen LogP contribution in [0.15, 0.2) is 36.7 Å². The number of nitrogens with one attached hydrogen (secondary N) is 1. The molecular formula is C17H19N3O2. The smallest absolute Gasteiger partial charge is 0.257 e. The van der Waals surface area contributed by atoms with E-state index in [9.17, 15) is 4.79 Å². The first-order valence-electron chi connectivity index (χ1n) is 7.27. The summed E-state index contributed by atoms with van der Waals surface area (Å²) in [6.45, 7) is 1.78. The van der Waals surface area contributed by atoms with E-state index in [0.717, 1.165) is 30.6 Å². The predicted octanol–water partition coefficient (Wildman–Crippen LogP) is 2.33. The molecule has 0 aliphatic carbocycles. The number of pyridine rings is 1. The number of hydrogen-bond donors (Lipinski definition) is 1. The lowest BCUT2D eigenvalue weighted by atomic mass is 9.97. The van der Waals surface area contributed by atoms with Gasteiger partial charge in [0.25, 0.3) is 5.91 Å². The van der Waals surface area contributed by atoms with Gasteiger partial charge in [-0.1, -0.05) is 12.1 Å². The number of nitrogens with zero attached hydrogens (tertiary/aromatic N) is 2. The van der Waals surface area contributed by atoms with E-state index in [-0.39, 0.29) is 5.91 Å². The molecule has 0 atom stereocenters. The van der Waals surface area contributed by atoms with Gasteiger partial charge in [0.1, 0.15) is 5.75 Å². The maximum absolute atomic E-state index is 12.6. The van der Waals surface area contributed by atoms with Crippen LogP contribution in [0, 0.1) is 0 Å². The van der Waals surface area contributed by atoms with Crippen LogP contribution in [-0.2, 0) is 13.0 Å². The molecule has 1 amide bonds. The monoisotopic (exact) mass is 297 g/mol. The van der Waals surface area contributed by atoms with Crippen LogP contribution in [0.5, 0.6) is 5.75 Å². The van der Waals surface area contributed by atoms with Crippen molar-refractivity contribution >= 4 is 11.6 Å². The predicted molar refractivity (Wildman–Crippen MR) is 85.2 cm³/mol. The summed E-state index contributed by atoms with van der Waals surface area (Å²) >= 11 is 0. The van der Waals surface area contributed by atoms with Gasteiger partial charge in [-0.05, 0) is 36.7 Å². The normalized spacial score (nSPS) is 14.3. The topological polar surface area (TPSA) is 54.5 Å². The van der Waals surface area contributed by atoms with E-state index >= 15 is 0 Å². The Morgan fingerprint density at radius 3 is 2.95 bits per heavy atom. The number of aromatic nitrogens is 1. The maximum Gasteiger partial charge on any atom is 0.257 e. The molecule has 3 rings (SSSR count). The first kappa shape index (κ1) is 14.5. The fourth-order valence-corrected chi connectivity index (χ4v) is 2.77. The van der Waals surface area contributed by atoms with Gasteiger partial charge in [0.15, 0.2) is 0 Å². The molecule has 114 valence electrons. The largest absolute Gasteiger partial charge is 0.495 e. The summed E-state index contributed by atoms with van der Waals surface area (Å²) in [6.07, 6.45) is 4.36. The lowest BCUT2D eigenvalue weighted by Gasteiger charge is -2.26. The average Bonchev–Trinajstić information content (AvgIpc) is 2.54. The summed E-state index contributed by atoms with van der Waals surface area (Å²) in [4.78, 5) is 19.1. The van der Waals surface area contributed by atoms with Crippen LogP contribution in [0.4, 0.5) is 5.69 Å². The second kappa shape index (κ2) is 6.15. The van der Waals surface area contributed by atoms with Gasteiger partial charge >= 0.3 is 0 Å². The van der Waals surface area contributed by atoms with Gasteiger partial charge in [-0.2, -0.15) is 0 Å². The van der Waals surface area contributed by atoms with Crippen LogP contribution in [0.25, 0.3) is 0 Å². The van der Waals surface area contributed by atoms with Crippen molar-refractivity contribution in [3.05, 3.63) is 53.3 Å². The summed E-state index contributed by atoms with van der Waals surface area (Å²) in [6, 6.07) is 7.39. The van der Waals surface area contributed by atoms with Crippen molar-refractivity contribution in [1.29, 1.82) is 0 Å². The van der Waals surface area contributed by atoms with Crippen LogP contribution in [0.3, 0.4) is 0 Å². The number of anilines is 1. The van der Waals surface area contributed by atoms with Gasteiger partial charge in [-0.15, -0.1) is 0 Å². The molecule has 0 spiro atoms. The van der Waals surface area contributed by atoms with Crippen molar-refractivity contribution in [3.63, 3.8) is 0 Å². The number of para-hydroxylation sites is 2. The molecule has 5 heteroatoms. The lowest BCUT2D eigenvalue weighted by Crippen LogP contribution is -2.29. The second-order valence-electron chi connectivity index (χ2n) is 5.47. The zero-order chi connectivity index (χ0) is 15.5. The summed E-state index contributed by atoms with van der Waals surface area (Å²) in [5.74, 6) is 0.506. The Morgan fingerprint density at radius 1 is 1.32 bits per heavy atom. The molecule has 0 bridgehead atoms. The van der Waals surface area contributed by atoms with Crippen LogP contribution in [0.1, 0.15) is 21.5 Å². The Balaban J connectivity index is 1.89. The Hall–Kier alpha value is -2.40. The van der Waals surface area contributed by atoms with Gasteiger partial charge in [-0.25, -0.2) is 0 Å². The molecule has 0 unspecified atom stereocenters. The molecule has 0 saturated heterocycles. The number of fused-ring (bicyclic) bond motifs is 1. The number of amides is 1. The van der Waals surface area contributed by atoms with Gasteiger partial charge in [0.05, 0.1) is 18.4 Å². The van der Waals surface area contributed by atoms with Crippen molar-refractivity contribution in [1.82, 2.24) is 9.88 Å². The minimum Gasteiger partial charge on any atom is -0.495 e. The van der Waals surface area contributed by atoms with E-state index in [1.165, 1.54) is 0 Å². The summed E-state index contributed by atoms with van der Waals surface area (Å²) in [5.41, 5.74) is 3.54. The molecule has 0 fully saturated rings. The minimum atomic E-state index is -0.140. The Bertz CT molecular complexity index is 700. The van der Waals surface area contributed by atoms with Crippen molar-refractivity contribution in [3.8, 4) is 5.75 Å². The number of methoxy groups -OCH3 is 1. The Kier molecular flexibility index (Phi) is 4.06. The highest BCUT2D eigenvalue weighted by molar-refractivity contribution is 6.06. The summed E-state index contributed by atoms with van der Waals surface area (Å²) < 4.78 is 5.27. The van der Waals surface area contributed by atoms with Crippen LogP contribution in [-0.4, -0.2) is 36.5 Å². The molecule has 1 N–H and O–H groups in total. The van der Waals surface area contributed by atoms with E-state index in [1.807, 2.05) is 30.5 Å². The number of carbonyl (C=O) groups excluding carboxylic acids is 1. The lowest BCUT2D eigenvalue weighted by molar-refractivity contribution is 0.102. The molecule has 22 heavy (non-hydrogen) atoms. The van der Waals surface area contributed by atoms with E-state index in [0.29, 0.717) is 17.0 Å². The van der Waals surface area contributed by atoms with Crippen molar-refractivity contribution < 1.29 is 9.53 Å². The van der Waals surface area contributed by atoms with Gasteiger partial charge < -0.3 is 15.0 Å². The SMILES string of the molecule is COc1ccccc1NC(=O)c1cncc2c1CCN(C)C2. The average molecular weight is 297 g/mol. The fourth-order valence-electron chi connectivity index (χ4n) is 2.77. The van der Waals surface area contributed by atoms with Gasteiger partial charge in [-0.3, -0.25) is 9.78 Å².